The van der Waals surface area contributed by atoms with Crippen LogP contribution in [0.1, 0.15) is 0 Å². The zero-order chi connectivity index (χ0) is 15.1. The summed E-state index contributed by atoms with van der Waals surface area (Å²) in [5, 5.41) is 5.14. The van der Waals surface area contributed by atoms with Crippen LogP contribution in [-0.4, -0.2) is 61.1 Å². The molecule has 7 nitrogen and oxygen atoms in total. The van der Waals surface area contributed by atoms with E-state index < -0.39 is 11.8 Å². The van der Waals surface area contributed by atoms with Crippen molar-refractivity contribution < 1.29 is 14.3 Å². The Labute approximate surface area is 127 Å². The molecule has 0 radical (unpaired) electrons. The number of nitrogens with zero attached hydrogens (tertiary/aromatic N) is 2. The van der Waals surface area contributed by atoms with E-state index in [0.717, 1.165) is 13.1 Å². The number of morpholine rings is 1. The molecule has 1 fully saturated rings. The van der Waals surface area contributed by atoms with Gasteiger partial charge in [-0.25, -0.2) is 4.98 Å². The van der Waals surface area contributed by atoms with Gasteiger partial charge in [0.15, 0.2) is 5.15 Å². The van der Waals surface area contributed by atoms with E-state index in [1.54, 1.807) is 12.1 Å². The molecule has 1 saturated heterocycles. The molecule has 2 N–H and O–H groups in total. The first-order valence-electron chi connectivity index (χ1n) is 6.66. The van der Waals surface area contributed by atoms with E-state index in [2.05, 4.69) is 20.5 Å². The molecule has 0 saturated carbocycles. The van der Waals surface area contributed by atoms with Crippen molar-refractivity contribution in [1.29, 1.82) is 0 Å². The number of nitrogens with one attached hydrogen (secondary N) is 2. The summed E-state index contributed by atoms with van der Waals surface area (Å²) in [4.78, 5) is 29.4. The summed E-state index contributed by atoms with van der Waals surface area (Å²) < 4.78 is 5.23. The predicted molar refractivity (Wildman–Crippen MR) is 78.1 cm³/mol. The number of ether oxygens (including phenoxy) is 1. The lowest BCUT2D eigenvalue weighted by Crippen LogP contribution is -2.43. The van der Waals surface area contributed by atoms with Gasteiger partial charge >= 0.3 is 11.8 Å². The van der Waals surface area contributed by atoms with Gasteiger partial charge in [-0.15, -0.1) is 0 Å². The Kier molecular flexibility index (Phi) is 5.91. The summed E-state index contributed by atoms with van der Waals surface area (Å²) in [5.74, 6) is -1.45. The lowest BCUT2D eigenvalue weighted by Gasteiger charge is -2.26. The van der Waals surface area contributed by atoms with Gasteiger partial charge in [0.25, 0.3) is 0 Å². The maximum atomic E-state index is 11.7. The highest BCUT2D eigenvalue weighted by Crippen LogP contribution is 2.16. The largest absolute Gasteiger partial charge is 0.379 e. The fourth-order valence-corrected chi connectivity index (χ4v) is 2.06. The Hall–Kier alpha value is -1.70. The minimum absolute atomic E-state index is 0.145. The highest BCUT2D eigenvalue weighted by atomic mass is 35.5. The summed E-state index contributed by atoms with van der Waals surface area (Å²) in [6.45, 7) is 4.19. The number of carbonyl (C=O) groups excluding carboxylic acids is 2. The van der Waals surface area contributed by atoms with E-state index >= 15 is 0 Å². The van der Waals surface area contributed by atoms with Crippen molar-refractivity contribution >= 4 is 29.1 Å². The normalized spacial score (nSPS) is 15.5. The molecule has 1 aliphatic heterocycles. The van der Waals surface area contributed by atoms with Crippen molar-refractivity contribution in [2.24, 2.45) is 0 Å². The summed E-state index contributed by atoms with van der Waals surface area (Å²) >= 11 is 5.80. The molecule has 1 aromatic heterocycles. The van der Waals surface area contributed by atoms with Crippen molar-refractivity contribution in [3.63, 3.8) is 0 Å². The third kappa shape index (κ3) is 4.96. The third-order valence-electron chi connectivity index (χ3n) is 3.03. The van der Waals surface area contributed by atoms with Crippen molar-refractivity contribution in [3.8, 4) is 0 Å². The summed E-state index contributed by atoms with van der Waals surface area (Å²) in [6.07, 6.45) is 1.50. The first-order chi connectivity index (χ1) is 10.2. The molecule has 0 aliphatic carbocycles. The highest BCUT2D eigenvalue weighted by Gasteiger charge is 2.16. The fourth-order valence-electron chi connectivity index (χ4n) is 1.89. The van der Waals surface area contributed by atoms with Crippen molar-refractivity contribution in [3.05, 3.63) is 23.5 Å². The molecule has 1 aliphatic rings. The van der Waals surface area contributed by atoms with Crippen molar-refractivity contribution in [2.45, 2.75) is 0 Å². The van der Waals surface area contributed by atoms with E-state index in [4.69, 9.17) is 16.3 Å². The number of rotatable bonds is 4. The van der Waals surface area contributed by atoms with Gasteiger partial charge in [-0.2, -0.15) is 0 Å². The number of aromatic nitrogens is 1. The lowest BCUT2D eigenvalue weighted by atomic mass is 10.4. The van der Waals surface area contributed by atoms with E-state index in [1.165, 1.54) is 6.20 Å². The third-order valence-corrected chi connectivity index (χ3v) is 3.33. The van der Waals surface area contributed by atoms with Crippen molar-refractivity contribution in [2.75, 3.05) is 44.7 Å². The Morgan fingerprint density at radius 2 is 2.10 bits per heavy atom. The van der Waals surface area contributed by atoms with Gasteiger partial charge in [-0.1, -0.05) is 11.6 Å². The molecule has 2 rings (SSSR count). The number of carbonyl (C=O) groups is 2. The van der Waals surface area contributed by atoms with Crippen molar-refractivity contribution in [1.82, 2.24) is 15.2 Å². The molecule has 0 aromatic carbocycles. The van der Waals surface area contributed by atoms with Crippen LogP contribution in [0.5, 0.6) is 0 Å². The Morgan fingerprint density at radius 1 is 1.33 bits per heavy atom. The summed E-state index contributed by atoms with van der Waals surface area (Å²) in [5.41, 5.74) is 0.312. The Balaban J connectivity index is 1.72. The minimum atomic E-state index is -0.758. The van der Waals surface area contributed by atoms with Crippen LogP contribution in [-0.2, 0) is 14.3 Å². The first-order valence-corrected chi connectivity index (χ1v) is 7.04. The number of anilines is 1. The molecule has 1 aromatic rings. The summed E-state index contributed by atoms with van der Waals surface area (Å²) in [6, 6.07) is 3.20. The number of amides is 2. The minimum Gasteiger partial charge on any atom is -0.379 e. The smallest absolute Gasteiger partial charge is 0.313 e. The van der Waals surface area contributed by atoms with Crippen LogP contribution in [0.15, 0.2) is 18.3 Å². The van der Waals surface area contributed by atoms with E-state index in [-0.39, 0.29) is 5.15 Å². The molecular formula is C13H17ClN4O3. The molecule has 0 spiro atoms. The second-order valence-electron chi connectivity index (χ2n) is 4.51. The zero-order valence-electron chi connectivity index (χ0n) is 11.5. The lowest BCUT2D eigenvalue weighted by molar-refractivity contribution is -0.136. The highest BCUT2D eigenvalue weighted by molar-refractivity contribution is 6.41. The second-order valence-corrected chi connectivity index (χ2v) is 4.86. The fraction of sp³-hybridized carbons (Fsp3) is 0.462. The Morgan fingerprint density at radius 3 is 2.81 bits per heavy atom. The van der Waals surface area contributed by atoms with Gasteiger partial charge in [0.2, 0.25) is 0 Å². The van der Waals surface area contributed by atoms with Crippen LogP contribution >= 0.6 is 11.6 Å². The molecule has 114 valence electrons. The quantitative estimate of drug-likeness (QED) is 0.609. The van der Waals surface area contributed by atoms with Crippen LogP contribution in [0.2, 0.25) is 5.15 Å². The van der Waals surface area contributed by atoms with Gasteiger partial charge in [0.05, 0.1) is 18.9 Å². The standard InChI is InChI=1S/C13H17ClN4O3/c14-11-10(2-1-3-15-11)17-13(20)12(19)16-4-5-18-6-8-21-9-7-18/h1-3H,4-9H2,(H,16,19)(H,17,20). The first kappa shape index (κ1) is 15.7. The number of hydrogen-bond donors (Lipinski definition) is 2. The molecule has 0 atom stereocenters. The topological polar surface area (TPSA) is 83.6 Å². The molecule has 2 heterocycles. The van der Waals surface area contributed by atoms with Crippen LogP contribution in [0.4, 0.5) is 5.69 Å². The maximum Gasteiger partial charge on any atom is 0.313 e. The van der Waals surface area contributed by atoms with E-state index in [0.29, 0.717) is 32.0 Å². The van der Waals surface area contributed by atoms with Gasteiger partial charge < -0.3 is 15.4 Å². The molecule has 8 heteroatoms. The average Bonchev–Trinajstić information content (AvgIpc) is 2.50. The number of hydrogen-bond acceptors (Lipinski definition) is 5. The number of halogens is 1. The molecule has 21 heavy (non-hydrogen) atoms. The SMILES string of the molecule is O=C(NCCN1CCOCC1)C(=O)Nc1cccnc1Cl. The zero-order valence-corrected chi connectivity index (χ0v) is 12.2. The molecular weight excluding hydrogens is 296 g/mol. The van der Waals surface area contributed by atoms with Crippen LogP contribution in [0.25, 0.3) is 0 Å². The maximum absolute atomic E-state index is 11.7. The molecule has 0 unspecified atom stereocenters. The predicted octanol–water partition coefficient (Wildman–Crippen LogP) is 0.122. The van der Waals surface area contributed by atoms with Crippen LogP contribution in [0.3, 0.4) is 0 Å². The van der Waals surface area contributed by atoms with E-state index in [9.17, 15) is 9.59 Å². The van der Waals surface area contributed by atoms with Gasteiger partial charge in [-0.3, -0.25) is 14.5 Å². The van der Waals surface area contributed by atoms with Crippen LogP contribution < -0.4 is 10.6 Å². The monoisotopic (exact) mass is 312 g/mol. The molecule has 0 bridgehead atoms. The molecule has 2 amide bonds. The van der Waals surface area contributed by atoms with Gasteiger partial charge in [0.1, 0.15) is 0 Å². The second kappa shape index (κ2) is 7.92. The number of pyridine rings is 1. The van der Waals surface area contributed by atoms with E-state index in [1.807, 2.05) is 0 Å². The summed E-state index contributed by atoms with van der Waals surface area (Å²) in [7, 11) is 0. The Bertz CT molecular complexity index is 506. The van der Waals surface area contributed by atoms with Gasteiger partial charge in [-0.05, 0) is 12.1 Å². The average molecular weight is 313 g/mol. The van der Waals surface area contributed by atoms with Crippen LogP contribution in [0, 0.1) is 0 Å². The van der Waals surface area contributed by atoms with Gasteiger partial charge in [0, 0.05) is 32.4 Å².